The minimum absolute atomic E-state index is 0. The second-order valence-corrected chi connectivity index (χ2v) is 6.24. The minimum atomic E-state index is -0.688. The van der Waals surface area contributed by atoms with Gasteiger partial charge >= 0.3 is 5.97 Å². The Labute approximate surface area is 193 Å². The molecule has 1 atom stereocenters. The highest BCUT2D eigenvalue weighted by molar-refractivity contribution is 5.85. The molecule has 0 spiro atoms. The first-order chi connectivity index (χ1) is 14.1. The standard InChI is InChI=1S/C22H20N4O3.2ClH/c1-28-22(27)20(24)13-15-4-8-18(9-5-15)29-19-10-6-17(7-11-19)26-21-16(14-23)3-2-12-25-21;;/h2-12,20H,13,24H2,1H3,(H,25,26);2*1H/t20-;;/m0../s1. The molecule has 0 amide bonds. The zero-order valence-electron chi connectivity index (χ0n) is 16.6. The smallest absolute Gasteiger partial charge is 0.322 e. The predicted octanol–water partition coefficient (Wildman–Crippen LogP) is 4.38. The third-order valence-corrected chi connectivity index (χ3v) is 4.16. The summed E-state index contributed by atoms with van der Waals surface area (Å²) in [6.45, 7) is 0. The fourth-order valence-corrected chi connectivity index (χ4v) is 2.66. The van der Waals surface area contributed by atoms with Crippen LogP contribution < -0.4 is 15.8 Å². The first-order valence-electron chi connectivity index (χ1n) is 8.91. The van der Waals surface area contributed by atoms with Crippen molar-refractivity contribution in [3.8, 4) is 17.6 Å². The van der Waals surface area contributed by atoms with Gasteiger partial charge in [-0.1, -0.05) is 12.1 Å². The highest BCUT2D eigenvalue weighted by Crippen LogP contribution is 2.25. The largest absolute Gasteiger partial charge is 0.468 e. The molecule has 162 valence electrons. The van der Waals surface area contributed by atoms with E-state index in [-0.39, 0.29) is 24.8 Å². The van der Waals surface area contributed by atoms with E-state index in [4.69, 9.17) is 15.7 Å². The van der Waals surface area contributed by atoms with Gasteiger partial charge in [0, 0.05) is 11.9 Å². The van der Waals surface area contributed by atoms with E-state index in [9.17, 15) is 4.79 Å². The molecule has 0 aliphatic carbocycles. The van der Waals surface area contributed by atoms with Crippen molar-refractivity contribution in [3.05, 3.63) is 78.0 Å². The zero-order valence-corrected chi connectivity index (χ0v) is 18.3. The van der Waals surface area contributed by atoms with Crippen molar-refractivity contribution in [3.63, 3.8) is 0 Å². The molecule has 2 aromatic carbocycles. The number of rotatable bonds is 7. The maximum absolute atomic E-state index is 11.4. The molecule has 1 aromatic heterocycles. The molecule has 3 aromatic rings. The topological polar surface area (TPSA) is 110 Å². The number of nitrogens with two attached hydrogens (primary N) is 1. The summed E-state index contributed by atoms with van der Waals surface area (Å²) in [6.07, 6.45) is 2.02. The van der Waals surface area contributed by atoms with Crippen molar-refractivity contribution >= 4 is 42.3 Å². The number of nitriles is 1. The zero-order chi connectivity index (χ0) is 20.6. The van der Waals surface area contributed by atoms with E-state index in [1.807, 2.05) is 48.5 Å². The van der Waals surface area contributed by atoms with E-state index in [0.717, 1.165) is 11.3 Å². The van der Waals surface area contributed by atoms with Crippen LogP contribution in [0.2, 0.25) is 0 Å². The third-order valence-electron chi connectivity index (χ3n) is 4.16. The van der Waals surface area contributed by atoms with Gasteiger partial charge in [0.05, 0.1) is 12.7 Å². The first kappa shape index (κ1) is 25.7. The Hall–Kier alpha value is -3.31. The Bertz CT molecular complexity index is 1020. The number of halogens is 2. The summed E-state index contributed by atoms with van der Waals surface area (Å²) in [7, 11) is 1.32. The summed E-state index contributed by atoms with van der Waals surface area (Å²) in [5.41, 5.74) is 7.95. The first-order valence-corrected chi connectivity index (χ1v) is 8.91. The van der Waals surface area contributed by atoms with Crippen LogP contribution in [-0.2, 0) is 16.0 Å². The van der Waals surface area contributed by atoms with Crippen molar-refractivity contribution in [2.24, 2.45) is 5.73 Å². The number of carbonyl (C=O) groups is 1. The number of ether oxygens (including phenoxy) is 2. The number of esters is 1. The number of benzene rings is 2. The van der Waals surface area contributed by atoms with Gasteiger partial charge in [0.1, 0.15) is 29.4 Å². The van der Waals surface area contributed by atoms with Crippen molar-refractivity contribution in [2.75, 3.05) is 12.4 Å². The number of anilines is 2. The highest BCUT2D eigenvalue weighted by Gasteiger charge is 2.14. The van der Waals surface area contributed by atoms with E-state index in [2.05, 4.69) is 21.1 Å². The number of methoxy groups -OCH3 is 1. The molecule has 0 aliphatic heterocycles. The van der Waals surface area contributed by atoms with Crippen LogP contribution in [0.1, 0.15) is 11.1 Å². The molecule has 0 bridgehead atoms. The summed E-state index contributed by atoms with van der Waals surface area (Å²) >= 11 is 0. The monoisotopic (exact) mass is 460 g/mol. The summed E-state index contributed by atoms with van der Waals surface area (Å²) < 4.78 is 10.5. The van der Waals surface area contributed by atoms with Crippen molar-refractivity contribution in [2.45, 2.75) is 12.5 Å². The molecular formula is C22H22Cl2N4O3. The molecular weight excluding hydrogens is 439 g/mol. The number of hydrogen-bond acceptors (Lipinski definition) is 7. The minimum Gasteiger partial charge on any atom is -0.468 e. The SMILES string of the molecule is COC(=O)[C@@H](N)Cc1ccc(Oc2ccc(Nc3ncccc3C#N)cc2)cc1.Cl.Cl. The Morgan fingerprint density at radius 1 is 1.10 bits per heavy atom. The van der Waals surface area contributed by atoms with Gasteiger partial charge < -0.3 is 20.5 Å². The normalized spacial score (nSPS) is 10.5. The van der Waals surface area contributed by atoms with Crippen LogP contribution >= 0.6 is 24.8 Å². The average Bonchev–Trinajstić information content (AvgIpc) is 2.76. The van der Waals surface area contributed by atoms with Gasteiger partial charge in [0.15, 0.2) is 0 Å². The Balaban J connectivity index is 0.00000240. The maximum atomic E-state index is 11.4. The van der Waals surface area contributed by atoms with Crippen LogP contribution in [-0.4, -0.2) is 24.1 Å². The van der Waals surface area contributed by atoms with Crippen LogP contribution in [0.3, 0.4) is 0 Å². The van der Waals surface area contributed by atoms with Crippen molar-refractivity contribution < 1.29 is 14.3 Å². The Morgan fingerprint density at radius 3 is 2.29 bits per heavy atom. The molecule has 0 fully saturated rings. The van der Waals surface area contributed by atoms with Gasteiger partial charge in [-0.05, 0) is 60.5 Å². The lowest BCUT2D eigenvalue weighted by atomic mass is 10.1. The molecule has 0 saturated heterocycles. The van der Waals surface area contributed by atoms with Crippen LogP contribution in [0.25, 0.3) is 0 Å². The van der Waals surface area contributed by atoms with E-state index in [0.29, 0.717) is 29.3 Å². The van der Waals surface area contributed by atoms with Gasteiger partial charge in [0.25, 0.3) is 0 Å². The average molecular weight is 461 g/mol. The van der Waals surface area contributed by atoms with Crippen LogP contribution in [0.5, 0.6) is 11.5 Å². The lowest BCUT2D eigenvalue weighted by Gasteiger charge is -2.11. The van der Waals surface area contributed by atoms with Crippen LogP contribution in [0.4, 0.5) is 11.5 Å². The van der Waals surface area contributed by atoms with Crippen molar-refractivity contribution in [1.29, 1.82) is 5.26 Å². The molecule has 7 nitrogen and oxygen atoms in total. The molecule has 0 aliphatic rings. The number of hydrogen-bond donors (Lipinski definition) is 2. The van der Waals surface area contributed by atoms with Crippen LogP contribution in [0.15, 0.2) is 66.9 Å². The van der Waals surface area contributed by atoms with Gasteiger partial charge in [-0.25, -0.2) is 4.98 Å². The highest BCUT2D eigenvalue weighted by atomic mass is 35.5. The van der Waals surface area contributed by atoms with Crippen molar-refractivity contribution in [1.82, 2.24) is 4.98 Å². The number of aromatic nitrogens is 1. The fourth-order valence-electron chi connectivity index (χ4n) is 2.66. The summed E-state index contributed by atoms with van der Waals surface area (Å²) in [5, 5.41) is 12.2. The quantitative estimate of drug-likeness (QED) is 0.503. The molecule has 0 saturated carbocycles. The van der Waals surface area contributed by atoms with Gasteiger partial charge in [-0.15, -0.1) is 24.8 Å². The molecule has 3 N–H and O–H groups in total. The number of pyridine rings is 1. The molecule has 3 rings (SSSR count). The molecule has 31 heavy (non-hydrogen) atoms. The number of carbonyl (C=O) groups excluding carboxylic acids is 1. The van der Waals surface area contributed by atoms with Gasteiger partial charge in [0.2, 0.25) is 0 Å². The molecule has 0 unspecified atom stereocenters. The molecule has 9 heteroatoms. The summed E-state index contributed by atoms with van der Waals surface area (Å²) in [6, 6.07) is 19.5. The predicted molar refractivity (Wildman–Crippen MR) is 123 cm³/mol. The van der Waals surface area contributed by atoms with E-state index < -0.39 is 12.0 Å². The summed E-state index contributed by atoms with van der Waals surface area (Å²) in [4.78, 5) is 15.6. The fraction of sp³-hybridized carbons (Fsp3) is 0.136. The Kier molecular flexibility index (Phi) is 10.3. The van der Waals surface area contributed by atoms with E-state index >= 15 is 0 Å². The molecule has 1 heterocycles. The lowest BCUT2D eigenvalue weighted by molar-refractivity contribution is -0.142. The number of nitrogens with zero attached hydrogens (tertiary/aromatic N) is 2. The lowest BCUT2D eigenvalue weighted by Crippen LogP contribution is -2.33. The van der Waals surface area contributed by atoms with E-state index in [1.165, 1.54) is 7.11 Å². The number of nitrogens with one attached hydrogen (secondary N) is 1. The second-order valence-electron chi connectivity index (χ2n) is 6.24. The van der Waals surface area contributed by atoms with E-state index in [1.54, 1.807) is 18.3 Å². The molecule has 0 radical (unpaired) electrons. The van der Waals surface area contributed by atoms with Gasteiger partial charge in [-0.3, -0.25) is 4.79 Å². The third kappa shape index (κ3) is 7.15. The van der Waals surface area contributed by atoms with Gasteiger partial charge in [-0.2, -0.15) is 5.26 Å². The summed E-state index contributed by atoms with van der Waals surface area (Å²) in [5.74, 6) is 1.39. The van der Waals surface area contributed by atoms with Crippen LogP contribution in [0, 0.1) is 11.3 Å². The second kappa shape index (κ2) is 12.4. The Morgan fingerprint density at radius 2 is 1.71 bits per heavy atom. The maximum Gasteiger partial charge on any atom is 0.322 e.